The highest BCUT2D eigenvalue weighted by Crippen LogP contribution is 2.18. The van der Waals surface area contributed by atoms with Gasteiger partial charge in [0.25, 0.3) is 0 Å². The summed E-state index contributed by atoms with van der Waals surface area (Å²) in [6, 6.07) is 3.68. The van der Waals surface area contributed by atoms with Crippen molar-refractivity contribution in [2.24, 2.45) is 0 Å². The molecule has 0 aliphatic rings. The van der Waals surface area contributed by atoms with Crippen LogP contribution in [0.3, 0.4) is 0 Å². The molecule has 114 valence electrons. The highest BCUT2D eigenvalue weighted by molar-refractivity contribution is 7.98. The van der Waals surface area contributed by atoms with E-state index >= 15 is 0 Å². The minimum absolute atomic E-state index is 0.00593. The maximum absolute atomic E-state index is 13.4. The third-order valence-electron chi connectivity index (χ3n) is 2.87. The van der Waals surface area contributed by atoms with Crippen LogP contribution in [-0.2, 0) is 16.6 Å². The van der Waals surface area contributed by atoms with Crippen LogP contribution < -0.4 is 10.0 Å². The molecule has 0 saturated heterocycles. The van der Waals surface area contributed by atoms with Crippen molar-refractivity contribution in [2.45, 2.75) is 30.8 Å². The fourth-order valence-corrected chi connectivity index (χ4v) is 4.23. The molecular formula is C13H21FN2O2S2. The number of hydrogen-bond acceptors (Lipinski definition) is 4. The van der Waals surface area contributed by atoms with E-state index in [1.54, 1.807) is 18.8 Å². The summed E-state index contributed by atoms with van der Waals surface area (Å²) >= 11 is 1.57. The van der Waals surface area contributed by atoms with Crippen LogP contribution in [-0.4, -0.2) is 33.5 Å². The van der Waals surface area contributed by atoms with Gasteiger partial charge < -0.3 is 5.32 Å². The van der Waals surface area contributed by atoms with Crippen molar-refractivity contribution in [1.29, 1.82) is 0 Å². The van der Waals surface area contributed by atoms with Crippen molar-refractivity contribution in [3.8, 4) is 0 Å². The highest BCUT2D eigenvalue weighted by Gasteiger charge is 2.22. The molecule has 1 atom stereocenters. The van der Waals surface area contributed by atoms with Crippen LogP contribution >= 0.6 is 11.8 Å². The van der Waals surface area contributed by atoms with Crippen molar-refractivity contribution in [2.75, 3.05) is 19.1 Å². The zero-order chi connectivity index (χ0) is 15.2. The predicted octanol–water partition coefficient (Wildman–Crippen LogP) is 1.97. The molecule has 0 aliphatic heterocycles. The summed E-state index contributed by atoms with van der Waals surface area (Å²) in [5.41, 5.74) is 0.556. The average molecular weight is 320 g/mol. The topological polar surface area (TPSA) is 58.2 Å². The Balaban J connectivity index is 3.10. The first-order valence-corrected chi connectivity index (χ1v) is 9.26. The second-order valence-electron chi connectivity index (χ2n) is 4.46. The van der Waals surface area contributed by atoms with Gasteiger partial charge in [0.1, 0.15) is 5.82 Å². The van der Waals surface area contributed by atoms with Crippen LogP contribution in [0.25, 0.3) is 0 Å². The zero-order valence-electron chi connectivity index (χ0n) is 11.9. The predicted molar refractivity (Wildman–Crippen MR) is 81.9 cm³/mol. The second-order valence-corrected chi connectivity index (χ2v) is 7.06. The summed E-state index contributed by atoms with van der Waals surface area (Å²) in [6.07, 6.45) is 2.61. The molecule has 4 nitrogen and oxygen atoms in total. The number of nitrogens with one attached hydrogen (secondary N) is 2. The minimum Gasteiger partial charge on any atom is -0.316 e. The molecule has 0 fully saturated rings. The van der Waals surface area contributed by atoms with Crippen LogP contribution in [0.2, 0.25) is 0 Å². The van der Waals surface area contributed by atoms with Gasteiger partial charge in [-0.2, -0.15) is 11.8 Å². The molecule has 1 aromatic carbocycles. The van der Waals surface area contributed by atoms with Gasteiger partial charge in [-0.3, -0.25) is 0 Å². The molecule has 0 saturated carbocycles. The lowest BCUT2D eigenvalue weighted by Crippen LogP contribution is -2.36. The van der Waals surface area contributed by atoms with Gasteiger partial charge in [0.15, 0.2) is 0 Å². The van der Waals surface area contributed by atoms with E-state index in [4.69, 9.17) is 0 Å². The van der Waals surface area contributed by atoms with E-state index in [2.05, 4.69) is 10.0 Å². The van der Waals surface area contributed by atoms with E-state index in [0.717, 1.165) is 6.07 Å². The van der Waals surface area contributed by atoms with Gasteiger partial charge in [-0.05, 0) is 37.4 Å². The van der Waals surface area contributed by atoms with E-state index in [1.807, 2.05) is 13.2 Å². The maximum atomic E-state index is 13.4. The second kappa shape index (κ2) is 7.97. The van der Waals surface area contributed by atoms with Gasteiger partial charge >= 0.3 is 0 Å². The maximum Gasteiger partial charge on any atom is 0.241 e. The van der Waals surface area contributed by atoms with Gasteiger partial charge in [-0.15, -0.1) is 0 Å². The molecule has 0 aliphatic carbocycles. The molecule has 7 heteroatoms. The normalized spacial score (nSPS) is 13.4. The Kier molecular flexibility index (Phi) is 6.94. The number of rotatable bonds is 8. The van der Waals surface area contributed by atoms with Crippen LogP contribution in [0.4, 0.5) is 4.39 Å². The number of halogens is 1. The number of thioether (sulfide) groups is 1. The molecule has 2 N–H and O–H groups in total. The molecule has 0 bridgehead atoms. The van der Waals surface area contributed by atoms with E-state index in [1.165, 1.54) is 12.1 Å². The van der Waals surface area contributed by atoms with Crippen molar-refractivity contribution in [1.82, 2.24) is 10.0 Å². The minimum atomic E-state index is -3.71. The van der Waals surface area contributed by atoms with Crippen molar-refractivity contribution >= 4 is 21.8 Å². The number of benzene rings is 1. The monoisotopic (exact) mass is 320 g/mol. The van der Waals surface area contributed by atoms with E-state index in [-0.39, 0.29) is 10.9 Å². The summed E-state index contributed by atoms with van der Waals surface area (Å²) in [4.78, 5) is 0.00593. The van der Waals surface area contributed by atoms with E-state index in [9.17, 15) is 12.8 Å². The summed E-state index contributed by atoms with van der Waals surface area (Å²) < 4.78 is 40.8. The van der Waals surface area contributed by atoms with Gasteiger partial charge in [0, 0.05) is 18.3 Å². The van der Waals surface area contributed by atoms with Crippen LogP contribution in [0, 0.1) is 5.82 Å². The summed E-state index contributed by atoms with van der Waals surface area (Å²) in [5, 5.41) is 2.89. The molecule has 1 aromatic rings. The van der Waals surface area contributed by atoms with E-state index in [0.29, 0.717) is 24.3 Å². The molecule has 1 unspecified atom stereocenters. The van der Waals surface area contributed by atoms with Crippen molar-refractivity contribution in [3.63, 3.8) is 0 Å². The third kappa shape index (κ3) is 4.73. The lowest BCUT2D eigenvalue weighted by Gasteiger charge is -2.17. The van der Waals surface area contributed by atoms with Crippen LogP contribution in [0.5, 0.6) is 0 Å². The first-order chi connectivity index (χ1) is 9.44. The average Bonchev–Trinajstić information content (AvgIpc) is 2.40. The zero-order valence-corrected chi connectivity index (χ0v) is 13.6. The lowest BCUT2D eigenvalue weighted by atomic mass is 10.2. The van der Waals surface area contributed by atoms with Crippen LogP contribution in [0.15, 0.2) is 23.1 Å². The standard InChI is InChI=1S/C13H21FN2O2S2/c1-4-12(9-19-3)16-20(17,18)13-7-11(14)6-5-10(13)8-15-2/h5-7,12,15-16H,4,8-9H2,1-3H3. The molecule has 0 radical (unpaired) electrons. The van der Waals surface area contributed by atoms with Gasteiger partial charge in [0.2, 0.25) is 10.0 Å². The fourth-order valence-electron chi connectivity index (χ4n) is 1.83. The fraction of sp³-hybridized carbons (Fsp3) is 0.538. The summed E-state index contributed by atoms with van der Waals surface area (Å²) in [5.74, 6) is 0.134. The van der Waals surface area contributed by atoms with Crippen LogP contribution in [0.1, 0.15) is 18.9 Å². The number of sulfonamides is 1. The first kappa shape index (κ1) is 17.4. The number of hydrogen-bond donors (Lipinski definition) is 2. The molecule has 1 rings (SSSR count). The largest absolute Gasteiger partial charge is 0.316 e. The Morgan fingerprint density at radius 2 is 2.10 bits per heavy atom. The highest BCUT2D eigenvalue weighted by atomic mass is 32.2. The Bertz CT molecular complexity index is 535. The van der Waals surface area contributed by atoms with Gasteiger partial charge in [-0.1, -0.05) is 13.0 Å². The summed E-state index contributed by atoms with van der Waals surface area (Å²) in [7, 11) is -1.99. The van der Waals surface area contributed by atoms with Crippen molar-refractivity contribution < 1.29 is 12.8 Å². The van der Waals surface area contributed by atoms with Gasteiger partial charge in [-0.25, -0.2) is 17.5 Å². The molecule has 0 aromatic heterocycles. The Hall–Kier alpha value is -0.630. The Labute approximate surface area is 124 Å². The van der Waals surface area contributed by atoms with E-state index < -0.39 is 15.8 Å². The summed E-state index contributed by atoms with van der Waals surface area (Å²) in [6.45, 7) is 2.29. The lowest BCUT2D eigenvalue weighted by molar-refractivity contribution is 0.553. The smallest absolute Gasteiger partial charge is 0.241 e. The van der Waals surface area contributed by atoms with Gasteiger partial charge in [0.05, 0.1) is 4.90 Å². The SMILES string of the molecule is CCC(CSC)NS(=O)(=O)c1cc(F)ccc1CNC. The first-order valence-electron chi connectivity index (χ1n) is 6.38. The molecular weight excluding hydrogens is 299 g/mol. The Morgan fingerprint density at radius 1 is 1.40 bits per heavy atom. The molecule has 20 heavy (non-hydrogen) atoms. The Morgan fingerprint density at radius 3 is 2.65 bits per heavy atom. The molecule has 0 heterocycles. The molecule has 0 amide bonds. The molecule has 0 spiro atoms. The van der Waals surface area contributed by atoms with Crippen molar-refractivity contribution in [3.05, 3.63) is 29.6 Å². The third-order valence-corrected chi connectivity index (χ3v) is 5.21. The quantitative estimate of drug-likeness (QED) is 0.769.